The number of hydrogen-bond acceptors (Lipinski definition) is 7. The lowest BCUT2D eigenvalue weighted by Gasteiger charge is -2.42. The number of rotatable bonds is 15. The molecule has 9 nitrogen and oxygen atoms in total. The van der Waals surface area contributed by atoms with Crippen molar-refractivity contribution >= 4 is 29.5 Å². The van der Waals surface area contributed by atoms with Crippen LogP contribution in [0.3, 0.4) is 0 Å². The quantitative estimate of drug-likeness (QED) is 0.287. The second kappa shape index (κ2) is 14.3. The fourth-order valence-corrected chi connectivity index (χ4v) is 10.3. The first-order valence-electron chi connectivity index (χ1n) is 15.9. The number of amides is 3. The predicted octanol–water partition coefficient (Wildman–Crippen LogP) is 2.50. The van der Waals surface area contributed by atoms with Crippen LogP contribution in [0.25, 0.3) is 0 Å². The van der Waals surface area contributed by atoms with E-state index in [4.69, 9.17) is 4.74 Å². The van der Waals surface area contributed by atoms with Crippen molar-refractivity contribution in [2.75, 3.05) is 65.6 Å². The van der Waals surface area contributed by atoms with Gasteiger partial charge in [0.15, 0.2) is 0 Å². The minimum atomic E-state index is -0.739. The van der Waals surface area contributed by atoms with Crippen LogP contribution in [0.4, 0.5) is 0 Å². The molecular formula is C32H52N4O5S. The Morgan fingerprint density at radius 2 is 1.79 bits per heavy atom. The maximum atomic E-state index is 14.8. The smallest absolute Gasteiger partial charge is 0.247 e. The van der Waals surface area contributed by atoms with Gasteiger partial charge in [0.05, 0.1) is 42.4 Å². The van der Waals surface area contributed by atoms with Crippen LogP contribution in [-0.2, 0) is 19.1 Å². The second-order valence-electron chi connectivity index (χ2n) is 12.9. The zero-order valence-electron chi connectivity index (χ0n) is 26.1. The van der Waals surface area contributed by atoms with E-state index in [1.165, 1.54) is 0 Å². The molecule has 3 unspecified atom stereocenters. The number of aliphatic hydroxyl groups is 1. The van der Waals surface area contributed by atoms with Crippen molar-refractivity contribution < 1.29 is 24.2 Å². The monoisotopic (exact) mass is 604 g/mol. The van der Waals surface area contributed by atoms with Crippen molar-refractivity contribution in [2.24, 2.45) is 23.7 Å². The van der Waals surface area contributed by atoms with Crippen molar-refractivity contribution in [2.45, 2.75) is 69.0 Å². The van der Waals surface area contributed by atoms with Crippen LogP contribution in [0, 0.1) is 23.7 Å². The lowest BCUT2D eigenvalue weighted by Crippen LogP contribution is -2.60. The lowest BCUT2D eigenvalue weighted by molar-refractivity contribution is -0.147. The van der Waals surface area contributed by atoms with E-state index in [2.05, 4.69) is 38.8 Å². The van der Waals surface area contributed by atoms with Crippen LogP contribution in [0.1, 0.15) is 47.0 Å². The number of hydrogen-bond donors (Lipinski definition) is 1. The maximum Gasteiger partial charge on any atom is 0.247 e. The highest BCUT2D eigenvalue weighted by atomic mass is 32.2. The SMILES string of the molecule is C=CCN(CCN1CCOCC1)C(=O)C1N([C@@H](CO)CC(C)C)C(=O)[C@@H]2[C@@H](C(=O)N(CC=C)CCC)[C@H]3CC(C)C12S3. The predicted molar refractivity (Wildman–Crippen MR) is 167 cm³/mol. The van der Waals surface area contributed by atoms with Gasteiger partial charge in [0.25, 0.3) is 0 Å². The Bertz CT molecular complexity index is 1000. The maximum absolute atomic E-state index is 14.8. The summed E-state index contributed by atoms with van der Waals surface area (Å²) in [6.07, 6.45) is 5.69. The highest BCUT2D eigenvalue weighted by Gasteiger charge is 2.77. The molecule has 4 aliphatic rings. The Kier molecular flexibility index (Phi) is 11.2. The van der Waals surface area contributed by atoms with Gasteiger partial charge in [-0.1, -0.05) is 39.8 Å². The van der Waals surface area contributed by atoms with E-state index in [-0.39, 0.29) is 41.4 Å². The summed E-state index contributed by atoms with van der Waals surface area (Å²) < 4.78 is 4.79. The standard InChI is InChI=1S/C32H52N4O5S/c1-7-10-34(11-8-2)29(38)26-25-20-23(6)32(42-25)27(26)30(39)36(24(21-37)19-22(4)5)28(32)31(40)35(12-9-3)14-13-33-15-17-41-18-16-33/h7,9,22-28,37H,1,3,8,10-21H2,2,4-6H3/t23?,24-,25-,26+,27+,28?,32?/m1/s1. The van der Waals surface area contributed by atoms with E-state index < -0.39 is 28.7 Å². The largest absolute Gasteiger partial charge is 0.394 e. The van der Waals surface area contributed by atoms with E-state index in [0.29, 0.717) is 45.8 Å². The van der Waals surface area contributed by atoms with E-state index in [9.17, 15) is 19.5 Å². The van der Waals surface area contributed by atoms with Crippen molar-refractivity contribution in [3.05, 3.63) is 25.3 Å². The minimum Gasteiger partial charge on any atom is -0.394 e. The van der Waals surface area contributed by atoms with Gasteiger partial charge >= 0.3 is 0 Å². The average molecular weight is 605 g/mol. The molecule has 4 aliphatic heterocycles. The van der Waals surface area contributed by atoms with Gasteiger partial charge in [0, 0.05) is 51.1 Å². The Morgan fingerprint density at radius 1 is 1.14 bits per heavy atom. The summed E-state index contributed by atoms with van der Waals surface area (Å²) in [5.41, 5.74) is 0. The fraction of sp³-hybridized carbons (Fsp3) is 0.781. The number of nitrogens with zero attached hydrogens (tertiary/aromatic N) is 4. The second-order valence-corrected chi connectivity index (χ2v) is 14.4. The van der Waals surface area contributed by atoms with E-state index in [0.717, 1.165) is 32.5 Å². The first-order valence-corrected chi connectivity index (χ1v) is 16.7. The summed E-state index contributed by atoms with van der Waals surface area (Å²) >= 11 is 1.70. The van der Waals surface area contributed by atoms with Crippen LogP contribution in [0.5, 0.6) is 0 Å². The molecule has 0 aliphatic carbocycles. The molecule has 0 radical (unpaired) electrons. The summed E-state index contributed by atoms with van der Waals surface area (Å²) in [6.45, 7) is 21.6. The molecule has 1 N–H and O–H groups in total. The Balaban J connectivity index is 1.74. The molecule has 1 spiro atoms. The van der Waals surface area contributed by atoms with Crippen LogP contribution >= 0.6 is 11.8 Å². The molecule has 42 heavy (non-hydrogen) atoms. The van der Waals surface area contributed by atoms with Crippen LogP contribution in [-0.4, -0.2) is 130 Å². The minimum absolute atomic E-state index is 0.00547. The molecule has 0 aromatic heterocycles. The van der Waals surface area contributed by atoms with Crippen molar-refractivity contribution in [1.29, 1.82) is 0 Å². The Morgan fingerprint density at radius 3 is 2.36 bits per heavy atom. The number of aliphatic hydroxyl groups excluding tert-OH is 1. The van der Waals surface area contributed by atoms with Crippen LogP contribution < -0.4 is 0 Å². The molecule has 4 heterocycles. The number of likely N-dealkylation sites (tertiary alicyclic amines) is 1. The average Bonchev–Trinajstić information content (AvgIpc) is 3.57. The number of fused-ring (bicyclic) bond motifs is 1. The molecule has 236 valence electrons. The van der Waals surface area contributed by atoms with Gasteiger partial charge in [-0.25, -0.2) is 0 Å². The molecule has 4 saturated heterocycles. The number of thioether (sulfide) groups is 1. The first kappa shape index (κ1) is 33.0. The lowest BCUT2D eigenvalue weighted by atomic mass is 9.65. The molecule has 0 aromatic rings. The third-order valence-corrected chi connectivity index (χ3v) is 11.7. The zero-order valence-corrected chi connectivity index (χ0v) is 26.9. The molecular weight excluding hydrogens is 552 g/mol. The van der Waals surface area contributed by atoms with Gasteiger partial charge in [0.1, 0.15) is 6.04 Å². The summed E-state index contributed by atoms with van der Waals surface area (Å²) in [6, 6.07) is -1.23. The number of carbonyl (C=O) groups excluding carboxylic acids is 3. The van der Waals surface area contributed by atoms with Gasteiger partial charge in [-0.2, -0.15) is 0 Å². The summed E-state index contributed by atoms with van der Waals surface area (Å²) in [4.78, 5) is 51.3. The molecule has 4 rings (SSSR count). The third-order valence-electron chi connectivity index (χ3n) is 9.66. The van der Waals surface area contributed by atoms with Crippen molar-refractivity contribution in [3.63, 3.8) is 0 Å². The van der Waals surface area contributed by atoms with Gasteiger partial charge in [-0.3, -0.25) is 19.3 Å². The molecule has 0 aromatic carbocycles. The molecule has 7 atom stereocenters. The zero-order chi connectivity index (χ0) is 30.6. The van der Waals surface area contributed by atoms with Gasteiger partial charge in [-0.05, 0) is 31.1 Å². The Labute approximate surface area is 256 Å². The molecule has 0 saturated carbocycles. The van der Waals surface area contributed by atoms with Crippen molar-refractivity contribution in [3.8, 4) is 0 Å². The topological polar surface area (TPSA) is 93.6 Å². The number of carbonyl (C=O) groups is 3. The molecule has 2 bridgehead atoms. The van der Waals surface area contributed by atoms with E-state index >= 15 is 0 Å². The molecule has 10 heteroatoms. The van der Waals surface area contributed by atoms with Crippen LogP contribution in [0.15, 0.2) is 25.3 Å². The third kappa shape index (κ3) is 6.06. The summed E-state index contributed by atoms with van der Waals surface area (Å²) in [5.74, 6) is -1.01. The number of morpholine rings is 1. The van der Waals surface area contributed by atoms with E-state index in [1.807, 2.05) is 16.7 Å². The normalized spacial score (nSPS) is 31.3. The Hall–Kier alpha value is -1.88. The summed E-state index contributed by atoms with van der Waals surface area (Å²) in [7, 11) is 0. The van der Waals surface area contributed by atoms with E-state index in [1.54, 1.807) is 28.8 Å². The number of ether oxygens (including phenoxy) is 1. The summed E-state index contributed by atoms with van der Waals surface area (Å²) in [5, 5.41) is 10.6. The highest BCUT2D eigenvalue weighted by Crippen LogP contribution is 2.69. The molecule has 3 amide bonds. The fourth-order valence-electron chi connectivity index (χ4n) is 7.87. The molecule has 4 fully saturated rings. The highest BCUT2D eigenvalue weighted by molar-refractivity contribution is 8.02. The van der Waals surface area contributed by atoms with Gasteiger partial charge < -0.3 is 24.5 Å². The van der Waals surface area contributed by atoms with Gasteiger partial charge in [-0.15, -0.1) is 24.9 Å². The van der Waals surface area contributed by atoms with Crippen LogP contribution in [0.2, 0.25) is 0 Å². The first-order chi connectivity index (χ1) is 20.2. The van der Waals surface area contributed by atoms with Gasteiger partial charge in [0.2, 0.25) is 17.7 Å². The van der Waals surface area contributed by atoms with Crippen molar-refractivity contribution in [1.82, 2.24) is 19.6 Å².